The van der Waals surface area contributed by atoms with E-state index in [2.05, 4.69) is 40.7 Å². The topological polar surface area (TPSA) is 56.1 Å². The van der Waals surface area contributed by atoms with Gasteiger partial charge in [-0.15, -0.1) is 0 Å². The molecule has 0 N–H and O–H groups in total. The SMILES string of the molecule is CCN(Cc1cnc(-c2cnn(C)c2)nc1)C1CCOC(C)(C)C1. The Kier molecular flexibility index (Phi) is 4.96. The standard InChI is InChI=1S/C18H27N5O/c1-5-23(16-6-7-24-18(2,3)8-16)12-14-9-19-17(20-10-14)15-11-21-22(4)13-15/h9-11,13,16H,5-8,12H2,1-4H3. The van der Waals surface area contributed by atoms with E-state index in [1.54, 1.807) is 10.9 Å². The van der Waals surface area contributed by atoms with Gasteiger partial charge in [0.25, 0.3) is 0 Å². The molecule has 0 radical (unpaired) electrons. The highest BCUT2D eigenvalue weighted by Crippen LogP contribution is 2.28. The van der Waals surface area contributed by atoms with Crippen LogP contribution in [-0.4, -0.2) is 49.4 Å². The molecule has 1 aliphatic rings. The molecule has 2 aromatic rings. The van der Waals surface area contributed by atoms with Crippen LogP contribution in [0.25, 0.3) is 11.4 Å². The van der Waals surface area contributed by atoms with Crippen molar-refractivity contribution in [1.29, 1.82) is 0 Å². The molecule has 6 nitrogen and oxygen atoms in total. The van der Waals surface area contributed by atoms with Crippen molar-refractivity contribution >= 4 is 0 Å². The molecular weight excluding hydrogens is 302 g/mol. The molecule has 0 saturated carbocycles. The van der Waals surface area contributed by atoms with E-state index >= 15 is 0 Å². The van der Waals surface area contributed by atoms with Crippen LogP contribution >= 0.6 is 0 Å². The van der Waals surface area contributed by atoms with Crippen molar-refractivity contribution in [3.05, 3.63) is 30.4 Å². The summed E-state index contributed by atoms with van der Waals surface area (Å²) < 4.78 is 7.61. The van der Waals surface area contributed by atoms with Crippen molar-refractivity contribution < 1.29 is 4.74 Å². The second-order valence-corrected chi connectivity index (χ2v) is 7.14. The molecule has 0 bridgehead atoms. The Morgan fingerprint density at radius 3 is 2.62 bits per heavy atom. The van der Waals surface area contributed by atoms with Crippen LogP contribution in [0.3, 0.4) is 0 Å². The average Bonchev–Trinajstić information content (AvgIpc) is 2.98. The van der Waals surface area contributed by atoms with Crippen molar-refractivity contribution in [2.45, 2.75) is 51.8 Å². The Morgan fingerprint density at radius 1 is 1.29 bits per heavy atom. The van der Waals surface area contributed by atoms with Gasteiger partial charge in [0.1, 0.15) is 0 Å². The van der Waals surface area contributed by atoms with Crippen LogP contribution in [0, 0.1) is 0 Å². The molecule has 2 aromatic heterocycles. The number of ether oxygens (including phenoxy) is 1. The lowest BCUT2D eigenvalue weighted by molar-refractivity contribution is -0.0838. The average molecular weight is 329 g/mol. The van der Waals surface area contributed by atoms with E-state index in [-0.39, 0.29) is 5.60 Å². The number of aryl methyl sites for hydroxylation is 1. The normalized spacial score (nSPS) is 20.5. The fourth-order valence-corrected chi connectivity index (χ4v) is 3.37. The molecule has 0 amide bonds. The molecule has 24 heavy (non-hydrogen) atoms. The molecule has 0 aliphatic carbocycles. The Bertz CT molecular complexity index is 664. The minimum Gasteiger partial charge on any atom is -0.375 e. The smallest absolute Gasteiger partial charge is 0.162 e. The van der Waals surface area contributed by atoms with Crippen molar-refractivity contribution in [1.82, 2.24) is 24.6 Å². The largest absolute Gasteiger partial charge is 0.375 e. The predicted molar refractivity (Wildman–Crippen MR) is 93.4 cm³/mol. The van der Waals surface area contributed by atoms with Crippen molar-refractivity contribution in [2.75, 3.05) is 13.2 Å². The maximum atomic E-state index is 5.85. The summed E-state index contributed by atoms with van der Waals surface area (Å²) in [5.74, 6) is 0.724. The third kappa shape index (κ3) is 3.99. The minimum absolute atomic E-state index is 0.0308. The molecule has 1 aliphatic heterocycles. The van der Waals surface area contributed by atoms with E-state index in [4.69, 9.17) is 4.74 Å². The van der Waals surface area contributed by atoms with Gasteiger partial charge in [-0.05, 0) is 33.2 Å². The fraction of sp³-hybridized carbons (Fsp3) is 0.611. The summed E-state index contributed by atoms with van der Waals surface area (Å²) in [7, 11) is 1.90. The van der Waals surface area contributed by atoms with E-state index in [9.17, 15) is 0 Å². The van der Waals surface area contributed by atoms with Gasteiger partial charge in [-0.2, -0.15) is 5.10 Å². The zero-order chi connectivity index (χ0) is 17.2. The van der Waals surface area contributed by atoms with Gasteiger partial charge in [-0.25, -0.2) is 9.97 Å². The quantitative estimate of drug-likeness (QED) is 0.844. The summed E-state index contributed by atoms with van der Waals surface area (Å²) in [6, 6.07) is 0.553. The Labute approximate surface area is 143 Å². The second-order valence-electron chi connectivity index (χ2n) is 7.14. The number of aromatic nitrogens is 4. The van der Waals surface area contributed by atoms with Gasteiger partial charge in [0.15, 0.2) is 5.82 Å². The van der Waals surface area contributed by atoms with Crippen LogP contribution in [-0.2, 0) is 18.3 Å². The zero-order valence-electron chi connectivity index (χ0n) is 15.1. The van der Waals surface area contributed by atoms with E-state index in [0.29, 0.717) is 6.04 Å². The first-order valence-electron chi connectivity index (χ1n) is 8.65. The lowest BCUT2D eigenvalue weighted by Crippen LogP contribution is -2.45. The molecule has 3 heterocycles. The Hall–Kier alpha value is -1.79. The first-order chi connectivity index (χ1) is 11.5. The molecule has 0 spiro atoms. The van der Waals surface area contributed by atoms with Gasteiger partial charge >= 0.3 is 0 Å². The molecule has 1 atom stereocenters. The first kappa shape index (κ1) is 17.0. The number of hydrogen-bond donors (Lipinski definition) is 0. The first-order valence-corrected chi connectivity index (χ1v) is 8.65. The van der Waals surface area contributed by atoms with E-state index in [1.807, 2.05) is 25.6 Å². The Balaban J connectivity index is 1.67. The monoisotopic (exact) mass is 329 g/mol. The third-order valence-electron chi connectivity index (χ3n) is 4.65. The summed E-state index contributed by atoms with van der Waals surface area (Å²) in [5, 5.41) is 4.17. The van der Waals surface area contributed by atoms with Crippen LogP contribution in [0.4, 0.5) is 0 Å². The maximum Gasteiger partial charge on any atom is 0.162 e. The van der Waals surface area contributed by atoms with Crippen molar-refractivity contribution in [3.63, 3.8) is 0 Å². The number of rotatable bonds is 5. The molecule has 1 fully saturated rings. The minimum atomic E-state index is -0.0308. The van der Waals surface area contributed by atoms with Gasteiger partial charge in [-0.3, -0.25) is 9.58 Å². The van der Waals surface area contributed by atoms with Gasteiger partial charge in [-0.1, -0.05) is 6.92 Å². The van der Waals surface area contributed by atoms with E-state index in [1.165, 1.54) is 0 Å². The fourth-order valence-electron chi connectivity index (χ4n) is 3.37. The summed E-state index contributed by atoms with van der Waals surface area (Å²) in [6.45, 7) is 9.31. The van der Waals surface area contributed by atoms with Gasteiger partial charge < -0.3 is 4.74 Å². The van der Waals surface area contributed by atoms with Crippen LogP contribution in [0.15, 0.2) is 24.8 Å². The van der Waals surface area contributed by atoms with Crippen LogP contribution in [0.2, 0.25) is 0 Å². The maximum absolute atomic E-state index is 5.85. The summed E-state index contributed by atoms with van der Waals surface area (Å²) in [5.41, 5.74) is 2.06. The molecule has 6 heteroatoms. The van der Waals surface area contributed by atoms with E-state index < -0.39 is 0 Å². The van der Waals surface area contributed by atoms with Crippen molar-refractivity contribution in [2.24, 2.45) is 7.05 Å². The predicted octanol–water partition coefficient (Wildman–Crippen LogP) is 2.66. The highest BCUT2D eigenvalue weighted by atomic mass is 16.5. The number of hydrogen-bond acceptors (Lipinski definition) is 5. The number of nitrogens with zero attached hydrogens (tertiary/aromatic N) is 5. The molecule has 1 saturated heterocycles. The van der Waals surface area contributed by atoms with Crippen LogP contribution < -0.4 is 0 Å². The molecular formula is C18H27N5O. The lowest BCUT2D eigenvalue weighted by atomic mass is 9.92. The summed E-state index contributed by atoms with van der Waals surface area (Å²) in [6.07, 6.45) is 9.74. The molecule has 0 aromatic carbocycles. The highest BCUT2D eigenvalue weighted by molar-refractivity contribution is 5.51. The second kappa shape index (κ2) is 6.99. The van der Waals surface area contributed by atoms with Gasteiger partial charge in [0, 0.05) is 50.4 Å². The third-order valence-corrected chi connectivity index (χ3v) is 4.65. The van der Waals surface area contributed by atoms with E-state index in [0.717, 1.165) is 49.5 Å². The molecule has 1 unspecified atom stereocenters. The Morgan fingerprint density at radius 2 is 2.04 bits per heavy atom. The zero-order valence-corrected chi connectivity index (χ0v) is 15.1. The molecule has 130 valence electrons. The highest BCUT2D eigenvalue weighted by Gasteiger charge is 2.31. The lowest BCUT2D eigenvalue weighted by Gasteiger charge is -2.41. The van der Waals surface area contributed by atoms with Crippen LogP contribution in [0.5, 0.6) is 0 Å². The van der Waals surface area contributed by atoms with Crippen LogP contribution in [0.1, 0.15) is 39.2 Å². The molecule has 3 rings (SSSR count). The summed E-state index contributed by atoms with van der Waals surface area (Å²) >= 11 is 0. The van der Waals surface area contributed by atoms with Gasteiger partial charge in [0.05, 0.1) is 17.4 Å². The van der Waals surface area contributed by atoms with Gasteiger partial charge in [0.2, 0.25) is 0 Å². The van der Waals surface area contributed by atoms with Crippen molar-refractivity contribution in [3.8, 4) is 11.4 Å². The summed E-state index contributed by atoms with van der Waals surface area (Å²) in [4.78, 5) is 11.5.